The van der Waals surface area contributed by atoms with Crippen LogP contribution in [-0.2, 0) is 19.1 Å². The lowest BCUT2D eigenvalue weighted by atomic mass is 9.88. The first kappa shape index (κ1) is 16.4. The lowest BCUT2D eigenvalue weighted by Crippen LogP contribution is -2.49. The number of fused-ring (bicyclic) bond motifs is 1. The largest absolute Gasteiger partial charge is 0.481 e. The Bertz CT molecular complexity index is 675. The number of benzene rings is 1. The second-order valence-electron chi connectivity index (χ2n) is 6.14. The highest BCUT2D eigenvalue weighted by Gasteiger charge is 2.37. The number of ether oxygens (including phenoxy) is 1. The fraction of sp³-hybridized carbons (Fsp3) is 0.471. The molecule has 24 heavy (non-hydrogen) atoms. The number of hydrogen-bond acceptors (Lipinski definition) is 4. The van der Waals surface area contributed by atoms with E-state index >= 15 is 0 Å². The van der Waals surface area contributed by atoms with Crippen molar-refractivity contribution in [3.8, 4) is 0 Å². The summed E-state index contributed by atoms with van der Waals surface area (Å²) in [6.45, 7) is 0.970. The summed E-state index contributed by atoms with van der Waals surface area (Å²) in [6, 6.07) is 7.40. The number of rotatable bonds is 3. The zero-order valence-electron chi connectivity index (χ0n) is 13.5. The van der Waals surface area contributed by atoms with Gasteiger partial charge in [-0.2, -0.15) is 0 Å². The summed E-state index contributed by atoms with van der Waals surface area (Å²) in [6.07, 6.45) is -0.502. The summed E-state index contributed by atoms with van der Waals surface area (Å²) in [4.78, 5) is 39.2. The van der Waals surface area contributed by atoms with E-state index in [4.69, 9.17) is 9.84 Å². The molecule has 1 aromatic rings. The Morgan fingerprint density at radius 1 is 1.33 bits per heavy atom. The molecule has 2 heterocycles. The van der Waals surface area contributed by atoms with Crippen molar-refractivity contribution in [1.29, 1.82) is 0 Å². The van der Waals surface area contributed by atoms with E-state index in [1.165, 1.54) is 0 Å². The first-order chi connectivity index (χ1) is 11.5. The van der Waals surface area contributed by atoms with Crippen LogP contribution in [0.1, 0.15) is 24.3 Å². The normalized spacial score (nSPS) is 23.8. The average Bonchev–Trinajstić information content (AvgIpc) is 2.57. The lowest BCUT2D eigenvalue weighted by Gasteiger charge is -2.37. The molecule has 2 amide bonds. The first-order valence-electron chi connectivity index (χ1n) is 7.95. The number of nitrogens with zero attached hydrogens (tertiary/aromatic N) is 2. The summed E-state index contributed by atoms with van der Waals surface area (Å²) in [5.74, 6) is -1.70. The van der Waals surface area contributed by atoms with Crippen LogP contribution in [0.15, 0.2) is 24.3 Å². The quantitative estimate of drug-likeness (QED) is 0.886. The molecule has 128 valence electrons. The molecule has 1 N–H and O–H groups in total. The molecule has 1 aromatic carbocycles. The monoisotopic (exact) mass is 332 g/mol. The molecule has 0 unspecified atom stereocenters. The van der Waals surface area contributed by atoms with Crippen LogP contribution in [0, 0.1) is 0 Å². The maximum atomic E-state index is 13.0. The Hall–Kier alpha value is -2.41. The SMILES string of the molecule is CN1C(=O)C[C@H](C(=O)N2CCO[C@H](CC(=O)O)C2)c2ccccc21. The van der Waals surface area contributed by atoms with Gasteiger partial charge in [0.1, 0.15) is 0 Å². The van der Waals surface area contributed by atoms with Crippen molar-refractivity contribution in [1.82, 2.24) is 4.90 Å². The molecule has 3 rings (SSSR count). The van der Waals surface area contributed by atoms with E-state index in [1.54, 1.807) is 16.8 Å². The summed E-state index contributed by atoms with van der Waals surface area (Å²) in [7, 11) is 1.71. The lowest BCUT2D eigenvalue weighted by molar-refractivity contribution is -0.148. The van der Waals surface area contributed by atoms with Crippen LogP contribution in [-0.4, -0.2) is 60.6 Å². The molecule has 7 nitrogen and oxygen atoms in total. The van der Waals surface area contributed by atoms with Crippen molar-refractivity contribution >= 4 is 23.5 Å². The van der Waals surface area contributed by atoms with Gasteiger partial charge in [-0.3, -0.25) is 14.4 Å². The third-order valence-corrected chi connectivity index (χ3v) is 4.58. The van der Waals surface area contributed by atoms with Crippen LogP contribution in [0.4, 0.5) is 5.69 Å². The molecule has 2 aliphatic rings. The summed E-state index contributed by atoms with van der Waals surface area (Å²) < 4.78 is 5.41. The van der Waals surface area contributed by atoms with Gasteiger partial charge in [0.05, 0.1) is 25.0 Å². The minimum atomic E-state index is -0.950. The molecule has 0 spiro atoms. The van der Waals surface area contributed by atoms with Crippen LogP contribution in [0.2, 0.25) is 0 Å². The first-order valence-corrected chi connectivity index (χ1v) is 7.95. The summed E-state index contributed by atoms with van der Waals surface area (Å²) in [5.41, 5.74) is 1.59. The number of anilines is 1. The maximum Gasteiger partial charge on any atom is 0.306 e. The molecule has 0 aromatic heterocycles. The molecule has 0 bridgehead atoms. The van der Waals surface area contributed by atoms with E-state index in [0.29, 0.717) is 13.2 Å². The number of hydrogen-bond donors (Lipinski definition) is 1. The fourth-order valence-corrected chi connectivity index (χ4v) is 3.32. The number of aliphatic carboxylic acids is 1. The van der Waals surface area contributed by atoms with Crippen molar-refractivity contribution < 1.29 is 24.2 Å². The van der Waals surface area contributed by atoms with E-state index in [1.807, 2.05) is 24.3 Å². The highest BCUT2D eigenvalue weighted by atomic mass is 16.5. The van der Waals surface area contributed by atoms with Gasteiger partial charge in [-0.15, -0.1) is 0 Å². The molecule has 1 fully saturated rings. The number of carbonyl (C=O) groups excluding carboxylic acids is 2. The van der Waals surface area contributed by atoms with Gasteiger partial charge in [0.2, 0.25) is 11.8 Å². The molecule has 1 saturated heterocycles. The van der Waals surface area contributed by atoms with Gasteiger partial charge >= 0.3 is 5.97 Å². The summed E-state index contributed by atoms with van der Waals surface area (Å²) in [5, 5.41) is 8.90. The Labute approximate surface area is 139 Å². The minimum Gasteiger partial charge on any atom is -0.481 e. The van der Waals surface area contributed by atoms with E-state index in [2.05, 4.69) is 0 Å². The molecule has 2 atom stereocenters. The molecular weight excluding hydrogens is 312 g/mol. The van der Waals surface area contributed by atoms with Gasteiger partial charge in [0.15, 0.2) is 0 Å². The van der Waals surface area contributed by atoms with E-state index in [9.17, 15) is 14.4 Å². The van der Waals surface area contributed by atoms with Crippen molar-refractivity contribution in [2.75, 3.05) is 31.6 Å². The van der Waals surface area contributed by atoms with Crippen molar-refractivity contribution in [2.45, 2.75) is 24.9 Å². The second kappa shape index (κ2) is 6.60. The second-order valence-corrected chi connectivity index (χ2v) is 6.14. The zero-order chi connectivity index (χ0) is 17.3. The van der Waals surface area contributed by atoms with E-state index < -0.39 is 18.0 Å². The van der Waals surface area contributed by atoms with Gasteiger partial charge < -0.3 is 19.6 Å². The van der Waals surface area contributed by atoms with Gasteiger partial charge in [-0.25, -0.2) is 0 Å². The predicted octanol–water partition coefficient (Wildman–Crippen LogP) is 0.839. The van der Waals surface area contributed by atoms with Crippen molar-refractivity contribution in [3.05, 3.63) is 29.8 Å². The number of carboxylic acids is 1. The number of morpholine rings is 1. The number of carboxylic acid groups (broad SMARTS) is 1. The third-order valence-electron chi connectivity index (χ3n) is 4.58. The van der Waals surface area contributed by atoms with Crippen LogP contribution >= 0.6 is 0 Å². The predicted molar refractivity (Wildman–Crippen MR) is 85.8 cm³/mol. The van der Waals surface area contributed by atoms with Gasteiger partial charge in [0.25, 0.3) is 0 Å². The third kappa shape index (κ3) is 3.12. The molecule has 0 saturated carbocycles. The Balaban J connectivity index is 1.81. The van der Waals surface area contributed by atoms with E-state index in [0.717, 1.165) is 11.3 Å². The molecule has 7 heteroatoms. The zero-order valence-corrected chi connectivity index (χ0v) is 13.5. The maximum absolute atomic E-state index is 13.0. The van der Waals surface area contributed by atoms with Gasteiger partial charge in [-0.05, 0) is 11.6 Å². The standard InChI is InChI=1S/C17H20N2O5/c1-18-14-5-3-2-4-12(14)13(9-15(18)20)17(23)19-6-7-24-11(10-19)8-16(21)22/h2-5,11,13H,6-10H2,1H3,(H,21,22)/t11-,13+/m1/s1. The Morgan fingerprint density at radius 3 is 2.83 bits per heavy atom. The highest BCUT2D eigenvalue weighted by molar-refractivity contribution is 6.02. The smallest absolute Gasteiger partial charge is 0.306 e. The Morgan fingerprint density at radius 2 is 2.08 bits per heavy atom. The average molecular weight is 332 g/mol. The molecule has 0 aliphatic carbocycles. The van der Waals surface area contributed by atoms with Crippen LogP contribution in [0.25, 0.3) is 0 Å². The van der Waals surface area contributed by atoms with Gasteiger partial charge in [-0.1, -0.05) is 18.2 Å². The van der Waals surface area contributed by atoms with Crippen molar-refractivity contribution in [2.24, 2.45) is 0 Å². The minimum absolute atomic E-state index is 0.0950. The number of amides is 2. The Kier molecular flexibility index (Phi) is 4.53. The van der Waals surface area contributed by atoms with E-state index in [-0.39, 0.29) is 31.2 Å². The fourth-order valence-electron chi connectivity index (χ4n) is 3.32. The highest BCUT2D eigenvalue weighted by Crippen LogP contribution is 2.36. The van der Waals surface area contributed by atoms with Crippen LogP contribution in [0.3, 0.4) is 0 Å². The van der Waals surface area contributed by atoms with Crippen LogP contribution in [0.5, 0.6) is 0 Å². The molecule has 2 aliphatic heterocycles. The number of carbonyl (C=O) groups is 3. The number of para-hydroxylation sites is 1. The molecule has 0 radical (unpaired) electrons. The topological polar surface area (TPSA) is 87.2 Å². The molecular formula is C17H20N2O5. The summed E-state index contributed by atoms with van der Waals surface area (Å²) >= 11 is 0. The van der Waals surface area contributed by atoms with Gasteiger partial charge in [0, 0.05) is 32.2 Å². The van der Waals surface area contributed by atoms with Crippen molar-refractivity contribution in [3.63, 3.8) is 0 Å². The van der Waals surface area contributed by atoms with Crippen LogP contribution < -0.4 is 4.90 Å².